The number of fused-ring (bicyclic) bond motifs is 1. The molecule has 0 bridgehead atoms. The quantitative estimate of drug-likeness (QED) is 0.643. The van der Waals surface area contributed by atoms with Crippen LogP contribution in [0.2, 0.25) is 0 Å². The summed E-state index contributed by atoms with van der Waals surface area (Å²) in [6, 6.07) is 16.8. The summed E-state index contributed by atoms with van der Waals surface area (Å²) in [7, 11) is 0. The van der Waals surface area contributed by atoms with Crippen molar-refractivity contribution in [2.75, 3.05) is 0 Å². The highest BCUT2D eigenvalue weighted by Gasteiger charge is 2.06. The monoisotopic (exact) mass is 236 g/mol. The Hall–Kier alpha value is -2.35. The minimum absolute atomic E-state index is 0.00615. The van der Waals surface area contributed by atoms with Crippen LogP contribution in [0.25, 0.3) is 22.3 Å². The van der Waals surface area contributed by atoms with Gasteiger partial charge in [0.15, 0.2) is 5.43 Å². The van der Waals surface area contributed by atoms with Gasteiger partial charge in [-0.3, -0.25) is 4.79 Å². The van der Waals surface area contributed by atoms with Gasteiger partial charge in [-0.25, -0.2) is 0 Å². The third-order valence-electron chi connectivity index (χ3n) is 2.94. The normalized spacial score (nSPS) is 10.7. The topological polar surface area (TPSA) is 30.2 Å². The summed E-state index contributed by atoms with van der Waals surface area (Å²) in [5.41, 5.74) is 2.69. The van der Waals surface area contributed by atoms with Crippen LogP contribution in [0.5, 0.6) is 0 Å². The minimum Gasteiger partial charge on any atom is -0.456 e. The fourth-order valence-corrected chi connectivity index (χ4v) is 2.04. The van der Waals surface area contributed by atoms with Gasteiger partial charge < -0.3 is 4.42 Å². The first kappa shape index (κ1) is 10.8. The fourth-order valence-electron chi connectivity index (χ4n) is 2.04. The average molecular weight is 236 g/mol. The maximum absolute atomic E-state index is 12.0. The van der Waals surface area contributed by atoms with Crippen LogP contribution in [-0.2, 0) is 0 Å². The molecule has 0 saturated carbocycles. The van der Waals surface area contributed by atoms with Gasteiger partial charge in [0.25, 0.3) is 0 Å². The number of para-hydroxylation sites is 1. The van der Waals surface area contributed by atoms with Crippen LogP contribution in [0.3, 0.4) is 0 Å². The van der Waals surface area contributed by atoms with Crippen molar-refractivity contribution in [3.8, 4) is 11.3 Å². The van der Waals surface area contributed by atoms with E-state index in [-0.39, 0.29) is 5.43 Å². The lowest BCUT2D eigenvalue weighted by Crippen LogP contribution is -1.99. The molecule has 2 nitrogen and oxygen atoms in total. The molecule has 1 heterocycles. The maximum atomic E-state index is 12.0. The fraction of sp³-hybridized carbons (Fsp3) is 0.0625. The molecule has 18 heavy (non-hydrogen) atoms. The van der Waals surface area contributed by atoms with Crippen LogP contribution in [-0.4, -0.2) is 0 Å². The van der Waals surface area contributed by atoms with E-state index in [1.807, 2.05) is 49.4 Å². The molecule has 0 aliphatic carbocycles. The van der Waals surface area contributed by atoms with Crippen molar-refractivity contribution in [3.63, 3.8) is 0 Å². The molecule has 2 aromatic carbocycles. The van der Waals surface area contributed by atoms with Crippen molar-refractivity contribution in [2.45, 2.75) is 6.92 Å². The number of hydrogen-bond donors (Lipinski definition) is 0. The van der Waals surface area contributed by atoms with Crippen molar-refractivity contribution < 1.29 is 4.42 Å². The molecule has 3 rings (SSSR count). The predicted octanol–water partition coefficient (Wildman–Crippen LogP) is 3.77. The lowest BCUT2D eigenvalue weighted by molar-refractivity contribution is 0.619. The highest BCUT2D eigenvalue weighted by atomic mass is 16.3. The Balaban J connectivity index is 2.28. The summed E-state index contributed by atoms with van der Waals surface area (Å²) < 4.78 is 5.78. The molecule has 0 atom stereocenters. The van der Waals surface area contributed by atoms with E-state index in [4.69, 9.17) is 4.42 Å². The van der Waals surface area contributed by atoms with Gasteiger partial charge in [0.2, 0.25) is 0 Å². The highest BCUT2D eigenvalue weighted by molar-refractivity contribution is 5.78. The van der Waals surface area contributed by atoms with E-state index in [2.05, 4.69) is 0 Å². The van der Waals surface area contributed by atoms with Gasteiger partial charge in [0.05, 0.1) is 5.39 Å². The van der Waals surface area contributed by atoms with E-state index in [1.165, 1.54) is 0 Å². The number of benzene rings is 2. The molecule has 0 fully saturated rings. The molecule has 0 spiro atoms. The Morgan fingerprint density at radius 3 is 2.61 bits per heavy atom. The van der Waals surface area contributed by atoms with E-state index in [1.54, 1.807) is 12.1 Å². The maximum Gasteiger partial charge on any atom is 0.193 e. The predicted molar refractivity (Wildman–Crippen MR) is 72.7 cm³/mol. The van der Waals surface area contributed by atoms with Gasteiger partial charge in [-0.15, -0.1) is 0 Å². The molecular formula is C16H12O2. The Bertz CT molecular complexity index is 769. The van der Waals surface area contributed by atoms with E-state index >= 15 is 0 Å². The molecule has 0 radical (unpaired) electrons. The van der Waals surface area contributed by atoms with E-state index < -0.39 is 0 Å². The van der Waals surface area contributed by atoms with Crippen LogP contribution in [0, 0.1) is 6.92 Å². The van der Waals surface area contributed by atoms with Crippen LogP contribution >= 0.6 is 0 Å². The molecule has 0 saturated heterocycles. The van der Waals surface area contributed by atoms with Crippen molar-refractivity contribution in [3.05, 3.63) is 70.4 Å². The largest absolute Gasteiger partial charge is 0.456 e. The minimum atomic E-state index is -0.00615. The number of hydrogen-bond acceptors (Lipinski definition) is 2. The van der Waals surface area contributed by atoms with Crippen LogP contribution in [0.4, 0.5) is 0 Å². The van der Waals surface area contributed by atoms with Crippen LogP contribution in [0.15, 0.2) is 63.8 Å². The third-order valence-corrected chi connectivity index (χ3v) is 2.94. The Morgan fingerprint density at radius 1 is 0.944 bits per heavy atom. The average Bonchev–Trinajstić information content (AvgIpc) is 2.39. The summed E-state index contributed by atoms with van der Waals surface area (Å²) >= 11 is 0. The van der Waals surface area contributed by atoms with Crippen molar-refractivity contribution in [2.24, 2.45) is 0 Å². The first-order chi connectivity index (χ1) is 8.74. The molecule has 0 unspecified atom stereocenters. The Kier molecular flexibility index (Phi) is 2.49. The molecule has 1 aromatic heterocycles. The standard InChI is InChI=1S/C16H12O2/c1-11-5-4-6-12(9-11)16-10-14(17)13-7-2-3-8-15(13)18-16/h2-10H,1H3. The summed E-state index contributed by atoms with van der Waals surface area (Å²) in [6.07, 6.45) is 0. The zero-order chi connectivity index (χ0) is 12.5. The highest BCUT2D eigenvalue weighted by Crippen LogP contribution is 2.22. The van der Waals surface area contributed by atoms with Gasteiger partial charge in [-0.1, -0.05) is 35.9 Å². The zero-order valence-electron chi connectivity index (χ0n) is 10.0. The summed E-state index contributed by atoms with van der Waals surface area (Å²) in [5, 5.41) is 0.619. The van der Waals surface area contributed by atoms with Crippen molar-refractivity contribution >= 4 is 11.0 Å². The van der Waals surface area contributed by atoms with Gasteiger partial charge >= 0.3 is 0 Å². The number of rotatable bonds is 1. The van der Waals surface area contributed by atoms with Gasteiger partial charge in [0.1, 0.15) is 11.3 Å². The summed E-state index contributed by atoms with van der Waals surface area (Å²) in [5.74, 6) is 0.613. The second-order valence-corrected chi connectivity index (χ2v) is 4.34. The van der Waals surface area contributed by atoms with Crippen LogP contribution in [0.1, 0.15) is 5.56 Å². The first-order valence-electron chi connectivity index (χ1n) is 5.84. The van der Waals surface area contributed by atoms with E-state index in [0.717, 1.165) is 11.1 Å². The van der Waals surface area contributed by atoms with Gasteiger partial charge in [0, 0.05) is 11.6 Å². The summed E-state index contributed by atoms with van der Waals surface area (Å²) in [6.45, 7) is 2.02. The van der Waals surface area contributed by atoms with Crippen molar-refractivity contribution in [1.82, 2.24) is 0 Å². The summed E-state index contributed by atoms with van der Waals surface area (Å²) in [4.78, 5) is 12.0. The molecule has 2 heteroatoms. The van der Waals surface area contributed by atoms with Crippen LogP contribution < -0.4 is 5.43 Å². The molecule has 0 amide bonds. The Labute approximate surface area is 105 Å². The lowest BCUT2D eigenvalue weighted by Gasteiger charge is -2.03. The third kappa shape index (κ3) is 1.82. The Morgan fingerprint density at radius 2 is 1.78 bits per heavy atom. The van der Waals surface area contributed by atoms with E-state index in [0.29, 0.717) is 16.7 Å². The van der Waals surface area contributed by atoms with E-state index in [9.17, 15) is 4.79 Å². The second kappa shape index (κ2) is 4.15. The SMILES string of the molecule is Cc1cccc(-c2cc(=O)c3ccccc3o2)c1. The van der Waals surface area contributed by atoms with Crippen molar-refractivity contribution in [1.29, 1.82) is 0 Å². The molecule has 88 valence electrons. The smallest absolute Gasteiger partial charge is 0.193 e. The molecule has 0 aliphatic heterocycles. The number of aryl methyl sites for hydroxylation is 1. The lowest BCUT2D eigenvalue weighted by atomic mass is 10.1. The second-order valence-electron chi connectivity index (χ2n) is 4.34. The van der Waals surface area contributed by atoms with Gasteiger partial charge in [-0.05, 0) is 25.1 Å². The van der Waals surface area contributed by atoms with Gasteiger partial charge in [-0.2, -0.15) is 0 Å². The molecule has 0 aliphatic rings. The molecular weight excluding hydrogens is 224 g/mol. The molecule has 0 N–H and O–H groups in total. The first-order valence-corrected chi connectivity index (χ1v) is 5.84. The molecule has 3 aromatic rings. The zero-order valence-corrected chi connectivity index (χ0v) is 10.0.